The highest BCUT2D eigenvalue weighted by Gasteiger charge is 2.22. The minimum absolute atomic E-state index is 0.111. The minimum atomic E-state index is -4.99. The molecule has 8 nitrogen and oxygen atoms in total. The molecule has 0 spiro atoms. The van der Waals surface area contributed by atoms with E-state index < -0.39 is 37.7 Å². The number of carboxylic acid groups (broad SMARTS) is 1. The number of sulfonamides is 1. The van der Waals surface area contributed by atoms with E-state index >= 15 is 0 Å². The molecule has 2 aromatic carbocycles. The number of anilines is 1. The van der Waals surface area contributed by atoms with Gasteiger partial charge in [-0.1, -0.05) is 12.1 Å². The lowest BCUT2D eigenvalue weighted by Gasteiger charge is -2.16. The first-order valence-corrected chi connectivity index (χ1v) is 10.3. The van der Waals surface area contributed by atoms with E-state index in [0.717, 1.165) is 12.1 Å². The maximum atomic E-state index is 13.1. The molecule has 0 saturated heterocycles. The van der Waals surface area contributed by atoms with Gasteiger partial charge in [-0.05, 0) is 43.7 Å². The maximum Gasteiger partial charge on any atom is 0.341 e. The van der Waals surface area contributed by atoms with Crippen LogP contribution in [-0.2, 0) is 25.0 Å². The summed E-state index contributed by atoms with van der Waals surface area (Å²) in [6.07, 6.45) is 0. The van der Waals surface area contributed by atoms with E-state index in [1.54, 1.807) is 6.92 Å². The van der Waals surface area contributed by atoms with Crippen LogP contribution in [0.4, 0.5) is 9.57 Å². The van der Waals surface area contributed by atoms with Gasteiger partial charge in [-0.15, -0.1) is 3.89 Å². The second-order valence-corrected chi connectivity index (χ2v) is 8.59. The molecule has 0 unspecified atom stereocenters. The van der Waals surface area contributed by atoms with Crippen molar-refractivity contribution < 1.29 is 35.4 Å². The number of rotatable bonds is 7. The fraction of sp³-hybridized carbons (Fsp3) is 0.188. The van der Waals surface area contributed by atoms with Gasteiger partial charge < -0.3 is 9.84 Å². The molecule has 0 heterocycles. The molecule has 11 heteroatoms. The summed E-state index contributed by atoms with van der Waals surface area (Å²) in [5.41, 5.74) is 0.568. The Morgan fingerprint density at radius 2 is 1.81 bits per heavy atom. The van der Waals surface area contributed by atoms with Crippen LogP contribution in [0.1, 0.15) is 11.1 Å². The van der Waals surface area contributed by atoms with Crippen LogP contribution in [0.3, 0.4) is 0 Å². The quantitative estimate of drug-likeness (QED) is 0.661. The summed E-state index contributed by atoms with van der Waals surface area (Å²) in [6.45, 7) is 2.43. The fourth-order valence-corrected chi connectivity index (χ4v) is 4.18. The third-order valence-corrected chi connectivity index (χ3v) is 5.89. The number of aliphatic carboxylic acids is 1. The van der Waals surface area contributed by atoms with E-state index in [4.69, 9.17) is 9.84 Å². The molecule has 27 heavy (non-hydrogen) atoms. The van der Waals surface area contributed by atoms with Crippen LogP contribution in [0.5, 0.6) is 5.75 Å². The number of benzene rings is 2. The number of aryl methyl sites for hydroxylation is 1. The summed E-state index contributed by atoms with van der Waals surface area (Å²) in [4.78, 5) is 9.82. The van der Waals surface area contributed by atoms with Crippen molar-refractivity contribution >= 4 is 31.9 Å². The highest BCUT2D eigenvalue weighted by Crippen LogP contribution is 2.30. The molecule has 0 aromatic heterocycles. The Bertz CT molecular complexity index is 1100. The fourth-order valence-electron chi connectivity index (χ4n) is 2.38. The van der Waals surface area contributed by atoms with Crippen LogP contribution in [0.2, 0.25) is 0 Å². The molecule has 0 atom stereocenters. The molecule has 146 valence electrons. The standard InChI is InChI=1S/C16H16FNO7S2/c1-10-6-7-14(11(2)16(10)25-9-15(19)20)27(23,24)18-12-4-3-5-13(8-12)26(17,21)22/h3-8,18H,9H2,1-2H3,(H,19,20). The van der Waals surface area contributed by atoms with E-state index in [1.807, 2.05) is 0 Å². The number of hydrogen-bond acceptors (Lipinski definition) is 6. The van der Waals surface area contributed by atoms with Crippen molar-refractivity contribution in [3.05, 3.63) is 47.5 Å². The van der Waals surface area contributed by atoms with Crippen molar-refractivity contribution in [1.82, 2.24) is 0 Å². The second kappa shape index (κ2) is 7.53. The molecular formula is C16H16FNO7S2. The summed E-state index contributed by atoms with van der Waals surface area (Å²) in [5.74, 6) is -1.11. The molecule has 2 N–H and O–H groups in total. The Hall–Kier alpha value is -2.66. The van der Waals surface area contributed by atoms with Gasteiger partial charge in [0.2, 0.25) is 0 Å². The normalized spacial score (nSPS) is 11.8. The van der Waals surface area contributed by atoms with Gasteiger partial charge in [0.05, 0.1) is 10.6 Å². The van der Waals surface area contributed by atoms with E-state index in [-0.39, 0.29) is 21.9 Å². The van der Waals surface area contributed by atoms with Gasteiger partial charge >= 0.3 is 16.2 Å². The predicted octanol–water partition coefficient (Wildman–Crippen LogP) is 2.23. The molecule has 0 aliphatic rings. The first-order valence-electron chi connectivity index (χ1n) is 7.44. The Balaban J connectivity index is 2.43. The Labute approximate surface area is 155 Å². The van der Waals surface area contributed by atoms with Crippen molar-refractivity contribution in [2.75, 3.05) is 11.3 Å². The Morgan fingerprint density at radius 1 is 1.15 bits per heavy atom. The average Bonchev–Trinajstić information content (AvgIpc) is 2.53. The summed E-state index contributed by atoms with van der Waals surface area (Å²) in [5, 5.41) is 8.74. The third kappa shape index (κ3) is 4.95. The monoisotopic (exact) mass is 417 g/mol. The smallest absolute Gasteiger partial charge is 0.341 e. The summed E-state index contributed by atoms with van der Waals surface area (Å²) in [7, 11) is -9.17. The summed E-state index contributed by atoms with van der Waals surface area (Å²) in [6, 6.07) is 7.03. The minimum Gasteiger partial charge on any atom is -0.481 e. The van der Waals surface area contributed by atoms with Gasteiger partial charge in [0.25, 0.3) is 10.0 Å². The van der Waals surface area contributed by atoms with Crippen LogP contribution in [0.25, 0.3) is 0 Å². The molecule has 0 fully saturated rings. The van der Waals surface area contributed by atoms with Crippen LogP contribution in [-0.4, -0.2) is 34.5 Å². The van der Waals surface area contributed by atoms with Crippen LogP contribution in [0, 0.1) is 13.8 Å². The molecule has 2 rings (SSSR count). The predicted molar refractivity (Wildman–Crippen MR) is 94.6 cm³/mol. The van der Waals surface area contributed by atoms with Gasteiger partial charge in [0, 0.05) is 5.56 Å². The van der Waals surface area contributed by atoms with Gasteiger partial charge in [-0.3, -0.25) is 4.72 Å². The van der Waals surface area contributed by atoms with E-state index in [9.17, 15) is 25.5 Å². The number of carbonyl (C=O) groups is 1. The molecule has 2 aromatic rings. The highest BCUT2D eigenvalue weighted by atomic mass is 32.3. The molecule has 0 amide bonds. The maximum absolute atomic E-state index is 13.1. The van der Waals surface area contributed by atoms with Crippen LogP contribution in [0.15, 0.2) is 46.2 Å². The lowest BCUT2D eigenvalue weighted by Crippen LogP contribution is -2.16. The van der Waals surface area contributed by atoms with E-state index in [1.165, 1.54) is 31.2 Å². The van der Waals surface area contributed by atoms with E-state index in [2.05, 4.69) is 4.72 Å². The van der Waals surface area contributed by atoms with Crippen molar-refractivity contribution in [3.63, 3.8) is 0 Å². The molecule has 0 bridgehead atoms. The number of hydrogen-bond donors (Lipinski definition) is 2. The zero-order chi connectivity index (χ0) is 20.4. The second-order valence-electron chi connectivity index (χ2n) is 5.59. The van der Waals surface area contributed by atoms with Gasteiger partial charge in [-0.2, -0.15) is 8.42 Å². The number of halogens is 1. The SMILES string of the molecule is Cc1ccc(S(=O)(=O)Nc2cccc(S(=O)(=O)F)c2)c(C)c1OCC(=O)O. The number of carboxylic acids is 1. The largest absolute Gasteiger partial charge is 0.481 e. The Morgan fingerprint density at radius 3 is 2.41 bits per heavy atom. The molecule has 0 radical (unpaired) electrons. The van der Waals surface area contributed by atoms with Gasteiger partial charge in [-0.25, -0.2) is 13.2 Å². The number of nitrogens with one attached hydrogen (secondary N) is 1. The summed E-state index contributed by atoms with van der Waals surface area (Å²) >= 11 is 0. The topological polar surface area (TPSA) is 127 Å². The van der Waals surface area contributed by atoms with Gasteiger partial charge in [0.1, 0.15) is 10.6 Å². The van der Waals surface area contributed by atoms with Crippen LogP contribution >= 0.6 is 0 Å². The van der Waals surface area contributed by atoms with Gasteiger partial charge in [0.15, 0.2) is 6.61 Å². The molecular weight excluding hydrogens is 401 g/mol. The first-order chi connectivity index (χ1) is 12.4. The van der Waals surface area contributed by atoms with Crippen LogP contribution < -0.4 is 9.46 Å². The van der Waals surface area contributed by atoms with Crippen molar-refractivity contribution in [3.8, 4) is 5.75 Å². The lowest BCUT2D eigenvalue weighted by atomic mass is 10.1. The zero-order valence-corrected chi connectivity index (χ0v) is 15.9. The Kier molecular flexibility index (Phi) is 5.76. The summed E-state index contributed by atoms with van der Waals surface area (Å²) < 4.78 is 67.7. The molecule has 0 aliphatic heterocycles. The average molecular weight is 417 g/mol. The van der Waals surface area contributed by atoms with Crippen molar-refractivity contribution in [2.45, 2.75) is 23.6 Å². The molecule has 0 aliphatic carbocycles. The van der Waals surface area contributed by atoms with Crippen molar-refractivity contribution in [2.24, 2.45) is 0 Å². The van der Waals surface area contributed by atoms with E-state index in [0.29, 0.717) is 5.56 Å². The third-order valence-electron chi connectivity index (χ3n) is 3.55. The molecule has 0 saturated carbocycles. The number of ether oxygens (including phenoxy) is 1. The first kappa shape index (κ1) is 20.6. The highest BCUT2D eigenvalue weighted by molar-refractivity contribution is 7.92. The lowest BCUT2D eigenvalue weighted by molar-refractivity contribution is -0.139. The van der Waals surface area contributed by atoms with Crippen molar-refractivity contribution in [1.29, 1.82) is 0 Å². The zero-order valence-electron chi connectivity index (χ0n) is 14.3.